The predicted molar refractivity (Wildman–Crippen MR) is 106 cm³/mol. The highest BCUT2D eigenvalue weighted by molar-refractivity contribution is 5.84. The SMILES string of the molecule is CC/C=C\C[C@H]1C(=O)C[C@H](O)[C@H]1/C=C/[C@@H](O)C/C=C\C/C=C\CCC(=O)O. The molecule has 4 atom stereocenters. The van der Waals surface area contributed by atoms with E-state index in [1.165, 1.54) is 0 Å². The molecule has 150 valence electrons. The molecule has 1 saturated carbocycles. The maximum absolute atomic E-state index is 12.0. The standard InChI is InChI=1S/C22H32O5/c1-2-3-8-12-18-19(21(25)16-20(18)24)15-14-17(23)11-9-6-4-5-7-10-13-22(26)27/h3,5-9,14-15,17-19,21,23,25H,2,4,10-13,16H2,1H3,(H,26,27)/b7-5-,8-3-,9-6-,15-14+/t17-,18+,19-,21-/m0/s1. The number of allylic oxidation sites excluding steroid dienone is 5. The average molecular weight is 376 g/mol. The Hall–Kier alpha value is -1.98. The number of hydrogen-bond donors (Lipinski definition) is 3. The molecule has 1 rings (SSSR count). The Morgan fingerprint density at radius 1 is 1.19 bits per heavy atom. The van der Waals surface area contributed by atoms with Crippen LogP contribution in [0.5, 0.6) is 0 Å². The Kier molecular flexibility index (Phi) is 11.3. The summed E-state index contributed by atoms with van der Waals surface area (Å²) in [6.07, 6.45) is 17.2. The van der Waals surface area contributed by atoms with Gasteiger partial charge in [-0.15, -0.1) is 0 Å². The first-order valence-corrected chi connectivity index (χ1v) is 9.69. The van der Waals surface area contributed by atoms with Gasteiger partial charge in [0.05, 0.1) is 12.2 Å². The Balaban J connectivity index is 2.40. The molecule has 1 fully saturated rings. The fourth-order valence-corrected chi connectivity index (χ4v) is 3.10. The van der Waals surface area contributed by atoms with Crippen molar-refractivity contribution in [1.82, 2.24) is 0 Å². The van der Waals surface area contributed by atoms with Crippen LogP contribution in [0.1, 0.15) is 51.9 Å². The molecule has 0 aromatic heterocycles. The summed E-state index contributed by atoms with van der Waals surface area (Å²) < 4.78 is 0. The molecular weight excluding hydrogens is 344 g/mol. The molecule has 0 aromatic carbocycles. The quantitative estimate of drug-likeness (QED) is 0.453. The molecule has 0 unspecified atom stereocenters. The summed E-state index contributed by atoms with van der Waals surface area (Å²) in [5.41, 5.74) is 0. The van der Waals surface area contributed by atoms with E-state index in [0.717, 1.165) is 6.42 Å². The maximum atomic E-state index is 12.0. The topological polar surface area (TPSA) is 94.8 Å². The van der Waals surface area contributed by atoms with Crippen LogP contribution in [0, 0.1) is 11.8 Å². The van der Waals surface area contributed by atoms with E-state index in [1.54, 1.807) is 12.2 Å². The minimum absolute atomic E-state index is 0.0852. The molecule has 1 aliphatic rings. The Bertz CT molecular complexity index is 573. The second-order valence-corrected chi connectivity index (χ2v) is 6.84. The van der Waals surface area contributed by atoms with E-state index < -0.39 is 18.2 Å². The van der Waals surface area contributed by atoms with Gasteiger partial charge in [-0.1, -0.05) is 55.5 Å². The highest BCUT2D eigenvalue weighted by Gasteiger charge is 2.39. The van der Waals surface area contributed by atoms with Crippen molar-refractivity contribution in [1.29, 1.82) is 0 Å². The van der Waals surface area contributed by atoms with Crippen LogP contribution in [0.15, 0.2) is 48.6 Å². The Morgan fingerprint density at radius 2 is 1.93 bits per heavy atom. The predicted octanol–water partition coefficient (Wildman–Crippen LogP) is 3.58. The lowest BCUT2D eigenvalue weighted by atomic mass is 9.90. The van der Waals surface area contributed by atoms with E-state index in [2.05, 4.69) is 0 Å². The van der Waals surface area contributed by atoms with E-state index >= 15 is 0 Å². The molecule has 3 N–H and O–H groups in total. The van der Waals surface area contributed by atoms with Crippen LogP contribution in [0.4, 0.5) is 0 Å². The second kappa shape index (κ2) is 13.2. The van der Waals surface area contributed by atoms with Crippen molar-refractivity contribution in [3.63, 3.8) is 0 Å². The zero-order valence-electron chi connectivity index (χ0n) is 16.0. The zero-order valence-corrected chi connectivity index (χ0v) is 16.0. The Labute approximate surface area is 161 Å². The van der Waals surface area contributed by atoms with Gasteiger partial charge in [0.1, 0.15) is 5.78 Å². The zero-order chi connectivity index (χ0) is 20.1. The number of hydrogen-bond acceptors (Lipinski definition) is 4. The number of aliphatic hydroxyl groups is 2. The highest BCUT2D eigenvalue weighted by atomic mass is 16.4. The summed E-state index contributed by atoms with van der Waals surface area (Å²) >= 11 is 0. The van der Waals surface area contributed by atoms with Crippen molar-refractivity contribution in [2.45, 2.75) is 64.1 Å². The van der Waals surface area contributed by atoms with Crippen molar-refractivity contribution in [3.05, 3.63) is 48.6 Å². The van der Waals surface area contributed by atoms with Gasteiger partial charge < -0.3 is 15.3 Å². The van der Waals surface area contributed by atoms with E-state index in [0.29, 0.717) is 25.7 Å². The normalized spacial score (nSPS) is 24.9. The minimum atomic E-state index is -0.803. The van der Waals surface area contributed by atoms with Gasteiger partial charge in [0.15, 0.2) is 0 Å². The smallest absolute Gasteiger partial charge is 0.303 e. The van der Waals surface area contributed by atoms with Gasteiger partial charge in [0, 0.05) is 24.7 Å². The summed E-state index contributed by atoms with van der Waals surface area (Å²) in [6, 6.07) is 0. The number of aliphatic carboxylic acids is 1. The van der Waals surface area contributed by atoms with Gasteiger partial charge in [0.25, 0.3) is 0 Å². The maximum Gasteiger partial charge on any atom is 0.303 e. The van der Waals surface area contributed by atoms with E-state index in [9.17, 15) is 19.8 Å². The van der Waals surface area contributed by atoms with E-state index in [-0.39, 0.29) is 30.5 Å². The molecule has 5 nitrogen and oxygen atoms in total. The van der Waals surface area contributed by atoms with Crippen molar-refractivity contribution in [2.75, 3.05) is 0 Å². The van der Waals surface area contributed by atoms with Crippen LogP contribution >= 0.6 is 0 Å². The van der Waals surface area contributed by atoms with Gasteiger partial charge in [-0.05, 0) is 32.1 Å². The molecule has 27 heavy (non-hydrogen) atoms. The number of carboxylic acid groups (broad SMARTS) is 1. The van der Waals surface area contributed by atoms with Crippen molar-refractivity contribution in [3.8, 4) is 0 Å². The number of ketones is 1. The molecule has 5 heteroatoms. The van der Waals surface area contributed by atoms with E-state index in [4.69, 9.17) is 5.11 Å². The lowest BCUT2D eigenvalue weighted by molar-refractivity contribution is -0.136. The molecule has 0 bridgehead atoms. The summed E-state index contributed by atoms with van der Waals surface area (Å²) in [5.74, 6) is -1.17. The van der Waals surface area contributed by atoms with Gasteiger partial charge in [-0.2, -0.15) is 0 Å². The first kappa shape index (κ1) is 23.1. The third-order valence-corrected chi connectivity index (χ3v) is 4.59. The molecule has 0 radical (unpaired) electrons. The van der Waals surface area contributed by atoms with Crippen LogP contribution in [-0.2, 0) is 9.59 Å². The van der Waals surface area contributed by atoms with Gasteiger partial charge in [-0.3, -0.25) is 9.59 Å². The first-order chi connectivity index (χ1) is 13.0. The molecule has 0 heterocycles. The fraction of sp³-hybridized carbons (Fsp3) is 0.545. The molecule has 0 aromatic rings. The fourth-order valence-electron chi connectivity index (χ4n) is 3.10. The second-order valence-electron chi connectivity index (χ2n) is 6.84. The number of Topliss-reactive ketones (excluding diaryl/α,β-unsaturated/α-hetero) is 1. The highest BCUT2D eigenvalue weighted by Crippen LogP contribution is 2.33. The van der Waals surface area contributed by atoms with Crippen molar-refractivity contribution in [2.24, 2.45) is 11.8 Å². The van der Waals surface area contributed by atoms with Crippen LogP contribution in [0.2, 0.25) is 0 Å². The van der Waals surface area contributed by atoms with Crippen LogP contribution in [0.25, 0.3) is 0 Å². The van der Waals surface area contributed by atoms with Crippen molar-refractivity contribution >= 4 is 11.8 Å². The molecular formula is C22H32O5. The number of carbonyl (C=O) groups is 2. The number of aliphatic hydroxyl groups excluding tert-OH is 2. The van der Waals surface area contributed by atoms with Crippen LogP contribution in [0.3, 0.4) is 0 Å². The third-order valence-electron chi connectivity index (χ3n) is 4.59. The monoisotopic (exact) mass is 376 g/mol. The van der Waals surface area contributed by atoms with Gasteiger partial charge in [0.2, 0.25) is 0 Å². The summed E-state index contributed by atoms with van der Waals surface area (Å²) in [6.45, 7) is 2.04. The molecule has 1 aliphatic carbocycles. The average Bonchev–Trinajstić information content (AvgIpc) is 2.88. The van der Waals surface area contributed by atoms with E-state index in [1.807, 2.05) is 43.4 Å². The molecule has 0 amide bonds. The number of rotatable bonds is 12. The third kappa shape index (κ3) is 9.50. The van der Waals surface area contributed by atoms with Gasteiger partial charge in [-0.25, -0.2) is 0 Å². The lowest BCUT2D eigenvalue weighted by Crippen LogP contribution is -2.18. The number of carboxylic acids is 1. The lowest BCUT2D eigenvalue weighted by Gasteiger charge is -2.16. The molecule has 0 spiro atoms. The van der Waals surface area contributed by atoms with Crippen molar-refractivity contribution < 1.29 is 24.9 Å². The summed E-state index contributed by atoms with van der Waals surface area (Å²) in [7, 11) is 0. The number of carbonyl (C=O) groups excluding carboxylic acids is 1. The van der Waals surface area contributed by atoms with Crippen LogP contribution < -0.4 is 0 Å². The minimum Gasteiger partial charge on any atom is -0.481 e. The molecule has 0 aliphatic heterocycles. The summed E-state index contributed by atoms with van der Waals surface area (Å²) in [4.78, 5) is 22.4. The largest absolute Gasteiger partial charge is 0.481 e. The van der Waals surface area contributed by atoms with Crippen LogP contribution in [-0.4, -0.2) is 39.3 Å². The first-order valence-electron chi connectivity index (χ1n) is 9.69. The summed E-state index contributed by atoms with van der Waals surface area (Å²) in [5, 5.41) is 28.7. The Morgan fingerprint density at radius 3 is 2.63 bits per heavy atom. The van der Waals surface area contributed by atoms with Gasteiger partial charge >= 0.3 is 5.97 Å². The molecule has 0 saturated heterocycles.